The van der Waals surface area contributed by atoms with Crippen molar-refractivity contribution >= 4 is 11.0 Å². The van der Waals surface area contributed by atoms with E-state index in [4.69, 9.17) is 9.15 Å². The third kappa shape index (κ3) is 3.89. The van der Waals surface area contributed by atoms with E-state index in [2.05, 4.69) is 17.0 Å². The Labute approximate surface area is 151 Å². The van der Waals surface area contributed by atoms with Crippen LogP contribution in [0.1, 0.15) is 24.2 Å². The van der Waals surface area contributed by atoms with Crippen molar-refractivity contribution in [3.63, 3.8) is 0 Å². The number of aliphatic hydroxyl groups excluding tert-OH is 1. The van der Waals surface area contributed by atoms with E-state index in [0.717, 1.165) is 42.7 Å². The van der Waals surface area contributed by atoms with Gasteiger partial charge < -0.3 is 14.3 Å². The van der Waals surface area contributed by atoms with Crippen molar-refractivity contribution in [2.24, 2.45) is 0 Å². The molecule has 0 bridgehead atoms. The SMILES string of the molecule is O[C@H]1CCCN1Cc1ccc2oc(CCOc3ccc(F)cc3)cc2c1. The summed E-state index contributed by atoms with van der Waals surface area (Å²) in [5, 5.41) is 11.0. The van der Waals surface area contributed by atoms with Crippen molar-refractivity contribution in [2.75, 3.05) is 13.2 Å². The van der Waals surface area contributed by atoms with E-state index in [1.165, 1.54) is 17.7 Å². The van der Waals surface area contributed by atoms with Gasteiger partial charge in [-0.25, -0.2) is 4.39 Å². The summed E-state index contributed by atoms with van der Waals surface area (Å²) in [5.41, 5.74) is 2.03. The summed E-state index contributed by atoms with van der Waals surface area (Å²) in [5.74, 6) is 1.24. The maximum atomic E-state index is 12.9. The Hall–Kier alpha value is -2.37. The summed E-state index contributed by atoms with van der Waals surface area (Å²) in [6, 6.07) is 14.2. The Morgan fingerprint density at radius 1 is 1.15 bits per heavy atom. The lowest BCUT2D eigenvalue weighted by Gasteiger charge is -2.19. The molecule has 5 heteroatoms. The molecule has 1 aliphatic rings. The number of rotatable bonds is 6. The number of benzene rings is 2. The summed E-state index contributed by atoms with van der Waals surface area (Å²) < 4.78 is 24.4. The van der Waals surface area contributed by atoms with Crippen molar-refractivity contribution in [3.05, 3.63) is 65.7 Å². The summed E-state index contributed by atoms with van der Waals surface area (Å²) in [6.07, 6.45) is 2.22. The smallest absolute Gasteiger partial charge is 0.134 e. The molecule has 1 saturated heterocycles. The largest absolute Gasteiger partial charge is 0.493 e. The average molecular weight is 355 g/mol. The van der Waals surface area contributed by atoms with Gasteiger partial charge in [0, 0.05) is 24.9 Å². The molecule has 1 fully saturated rings. The first-order valence-corrected chi connectivity index (χ1v) is 8.99. The number of hydrogen-bond acceptors (Lipinski definition) is 4. The van der Waals surface area contributed by atoms with Crippen LogP contribution in [0.25, 0.3) is 11.0 Å². The molecule has 4 nitrogen and oxygen atoms in total. The monoisotopic (exact) mass is 355 g/mol. The van der Waals surface area contributed by atoms with Gasteiger partial charge in [0.1, 0.15) is 29.1 Å². The Morgan fingerprint density at radius 3 is 2.77 bits per heavy atom. The molecule has 1 aliphatic heterocycles. The average Bonchev–Trinajstić information content (AvgIpc) is 3.22. The Bertz CT molecular complexity index is 875. The molecule has 136 valence electrons. The number of hydrogen-bond donors (Lipinski definition) is 1. The first-order chi connectivity index (χ1) is 12.7. The van der Waals surface area contributed by atoms with Crippen LogP contribution in [-0.4, -0.2) is 29.4 Å². The Balaban J connectivity index is 1.38. The van der Waals surface area contributed by atoms with E-state index in [1.807, 2.05) is 12.1 Å². The quantitative estimate of drug-likeness (QED) is 0.723. The predicted molar refractivity (Wildman–Crippen MR) is 97.5 cm³/mol. The lowest BCUT2D eigenvalue weighted by atomic mass is 10.1. The van der Waals surface area contributed by atoms with E-state index in [1.54, 1.807) is 12.1 Å². The molecule has 0 unspecified atom stereocenters. The minimum absolute atomic E-state index is 0.271. The summed E-state index contributed by atoms with van der Waals surface area (Å²) in [7, 11) is 0. The minimum atomic E-state index is -0.325. The Kier molecular flexibility index (Phi) is 4.91. The molecule has 0 radical (unpaired) electrons. The first-order valence-electron chi connectivity index (χ1n) is 8.99. The lowest BCUT2D eigenvalue weighted by molar-refractivity contribution is 0.0328. The molecule has 2 heterocycles. The van der Waals surface area contributed by atoms with Crippen LogP contribution in [-0.2, 0) is 13.0 Å². The second-order valence-corrected chi connectivity index (χ2v) is 6.73. The standard InChI is InChI=1S/C21H22FNO3/c22-17-4-6-18(7-5-17)25-11-9-19-13-16-12-15(3-8-20(16)26-19)14-23-10-1-2-21(23)24/h3-8,12-13,21,24H,1-2,9-11,14H2/t21-/m0/s1. The van der Waals surface area contributed by atoms with Gasteiger partial charge in [-0.3, -0.25) is 4.90 Å². The van der Waals surface area contributed by atoms with Gasteiger partial charge in [0.15, 0.2) is 0 Å². The van der Waals surface area contributed by atoms with Crippen LogP contribution < -0.4 is 4.74 Å². The van der Waals surface area contributed by atoms with Gasteiger partial charge in [-0.15, -0.1) is 0 Å². The molecular formula is C21H22FNO3. The molecule has 1 atom stereocenters. The van der Waals surface area contributed by atoms with Crippen molar-refractivity contribution in [1.29, 1.82) is 0 Å². The van der Waals surface area contributed by atoms with E-state index in [0.29, 0.717) is 18.8 Å². The lowest BCUT2D eigenvalue weighted by Crippen LogP contribution is -2.28. The molecular weight excluding hydrogens is 333 g/mol. The normalized spacial score (nSPS) is 17.8. The molecule has 0 spiro atoms. The number of furan rings is 1. The highest BCUT2D eigenvalue weighted by molar-refractivity contribution is 5.78. The molecule has 1 aromatic heterocycles. The van der Waals surface area contributed by atoms with Gasteiger partial charge in [-0.1, -0.05) is 6.07 Å². The summed E-state index contributed by atoms with van der Waals surface area (Å²) in [6.45, 7) is 2.17. The zero-order chi connectivity index (χ0) is 17.9. The topological polar surface area (TPSA) is 45.8 Å². The highest BCUT2D eigenvalue weighted by Crippen LogP contribution is 2.24. The van der Waals surface area contributed by atoms with Crippen molar-refractivity contribution in [3.8, 4) is 5.75 Å². The van der Waals surface area contributed by atoms with Crippen molar-refractivity contribution in [1.82, 2.24) is 4.90 Å². The van der Waals surface area contributed by atoms with Gasteiger partial charge in [-0.05, 0) is 60.9 Å². The fraction of sp³-hybridized carbons (Fsp3) is 0.333. The number of aliphatic hydroxyl groups is 1. The van der Waals surface area contributed by atoms with E-state index in [9.17, 15) is 9.50 Å². The van der Waals surface area contributed by atoms with Crippen molar-refractivity contribution < 1.29 is 18.7 Å². The van der Waals surface area contributed by atoms with E-state index >= 15 is 0 Å². The van der Waals surface area contributed by atoms with E-state index in [-0.39, 0.29) is 12.0 Å². The molecule has 1 N–H and O–H groups in total. The van der Waals surface area contributed by atoms with Gasteiger partial charge >= 0.3 is 0 Å². The fourth-order valence-electron chi connectivity index (χ4n) is 3.40. The van der Waals surface area contributed by atoms with Crippen LogP contribution in [0.15, 0.2) is 52.9 Å². The molecule has 2 aromatic carbocycles. The zero-order valence-electron chi connectivity index (χ0n) is 14.5. The summed E-state index contributed by atoms with van der Waals surface area (Å²) in [4.78, 5) is 2.10. The molecule has 0 aliphatic carbocycles. The van der Waals surface area contributed by atoms with Gasteiger partial charge in [-0.2, -0.15) is 0 Å². The molecule has 3 aromatic rings. The number of halogens is 1. The highest BCUT2D eigenvalue weighted by atomic mass is 19.1. The first kappa shape index (κ1) is 17.1. The Morgan fingerprint density at radius 2 is 2.00 bits per heavy atom. The minimum Gasteiger partial charge on any atom is -0.493 e. The molecule has 4 rings (SSSR count). The summed E-state index contributed by atoms with van der Waals surface area (Å²) >= 11 is 0. The van der Waals surface area contributed by atoms with Crippen LogP contribution in [0.5, 0.6) is 5.75 Å². The third-order valence-corrected chi connectivity index (χ3v) is 4.78. The van der Waals surface area contributed by atoms with Crippen LogP contribution in [0.4, 0.5) is 4.39 Å². The van der Waals surface area contributed by atoms with Crippen molar-refractivity contribution in [2.45, 2.75) is 32.0 Å². The second kappa shape index (κ2) is 7.48. The number of likely N-dealkylation sites (tertiary alicyclic amines) is 1. The van der Waals surface area contributed by atoms with Gasteiger partial charge in [0.25, 0.3) is 0 Å². The number of ether oxygens (including phenoxy) is 1. The predicted octanol–water partition coefficient (Wildman–Crippen LogP) is 4.11. The number of nitrogens with zero attached hydrogens (tertiary/aromatic N) is 1. The molecule has 26 heavy (non-hydrogen) atoms. The zero-order valence-corrected chi connectivity index (χ0v) is 14.5. The fourth-order valence-corrected chi connectivity index (χ4v) is 3.40. The van der Waals surface area contributed by atoms with Gasteiger partial charge in [0.05, 0.1) is 6.61 Å². The van der Waals surface area contributed by atoms with Gasteiger partial charge in [0.2, 0.25) is 0 Å². The van der Waals surface area contributed by atoms with Crippen LogP contribution >= 0.6 is 0 Å². The maximum absolute atomic E-state index is 12.9. The van der Waals surface area contributed by atoms with Crippen LogP contribution in [0, 0.1) is 5.82 Å². The highest BCUT2D eigenvalue weighted by Gasteiger charge is 2.21. The second-order valence-electron chi connectivity index (χ2n) is 6.73. The third-order valence-electron chi connectivity index (χ3n) is 4.78. The number of fused-ring (bicyclic) bond motifs is 1. The maximum Gasteiger partial charge on any atom is 0.134 e. The van der Waals surface area contributed by atoms with E-state index < -0.39 is 0 Å². The molecule has 0 amide bonds. The molecule has 0 saturated carbocycles. The van der Waals surface area contributed by atoms with Crippen LogP contribution in [0.3, 0.4) is 0 Å². The van der Waals surface area contributed by atoms with Crippen LogP contribution in [0.2, 0.25) is 0 Å².